The summed E-state index contributed by atoms with van der Waals surface area (Å²) < 4.78 is 0. The Bertz CT molecular complexity index is 489. The summed E-state index contributed by atoms with van der Waals surface area (Å²) in [6, 6.07) is 7.63. The summed E-state index contributed by atoms with van der Waals surface area (Å²) in [6.07, 6.45) is 0. The van der Waals surface area contributed by atoms with Crippen molar-refractivity contribution < 1.29 is 14.5 Å². The zero-order valence-corrected chi connectivity index (χ0v) is 13.5. The first-order valence-electron chi connectivity index (χ1n) is 7.14. The standard InChI is InChI=1S/C16H25N3O2/c1-12-6-8-13(9-7-12)17-14(20)10-19(5)11-15(21)18-16(2,3)4/h6-9H,10-11H2,1-5H3,(H,17,20)(H,18,21)/p+1. The van der Waals surface area contributed by atoms with Crippen molar-refractivity contribution in [2.75, 3.05) is 25.5 Å². The van der Waals surface area contributed by atoms with Gasteiger partial charge in [0.2, 0.25) is 0 Å². The predicted octanol–water partition coefficient (Wildman–Crippen LogP) is 0.363. The van der Waals surface area contributed by atoms with Crippen LogP contribution in [-0.2, 0) is 9.59 Å². The van der Waals surface area contributed by atoms with Gasteiger partial charge in [0.25, 0.3) is 11.8 Å². The molecular weight excluding hydrogens is 266 g/mol. The van der Waals surface area contributed by atoms with Gasteiger partial charge in [-0.2, -0.15) is 0 Å². The van der Waals surface area contributed by atoms with Crippen molar-refractivity contribution in [3.63, 3.8) is 0 Å². The van der Waals surface area contributed by atoms with E-state index in [1.165, 1.54) is 0 Å². The molecule has 1 rings (SSSR count). The van der Waals surface area contributed by atoms with E-state index in [4.69, 9.17) is 0 Å². The SMILES string of the molecule is Cc1ccc(NC(=O)C[NH+](C)CC(=O)NC(C)(C)C)cc1. The number of rotatable bonds is 5. The maximum absolute atomic E-state index is 11.9. The van der Waals surface area contributed by atoms with Crippen molar-refractivity contribution in [2.45, 2.75) is 33.2 Å². The van der Waals surface area contributed by atoms with Gasteiger partial charge in [-0.1, -0.05) is 17.7 Å². The number of carbonyl (C=O) groups is 2. The topological polar surface area (TPSA) is 62.6 Å². The summed E-state index contributed by atoms with van der Waals surface area (Å²) in [5.41, 5.74) is 1.67. The summed E-state index contributed by atoms with van der Waals surface area (Å²) in [4.78, 5) is 24.5. The van der Waals surface area contributed by atoms with Crippen LogP contribution in [0.15, 0.2) is 24.3 Å². The molecule has 5 heteroatoms. The molecule has 0 fully saturated rings. The van der Waals surface area contributed by atoms with Crippen molar-refractivity contribution in [2.24, 2.45) is 0 Å². The molecule has 5 nitrogen and oxygen atoms in total. The van der Waals surface area contributed by atoms with Crippen molar-refractivity contribution in [1.29, 1.82) is 0 Å². The number of anilines is 1. The molecule has 1 aromatic carbocycles. The lowest BCUT2D eigenvalue weighted by molar-refractivity contribution is -0.862. The highest BCUT2D eigenvalue weighted by Gasteiger charge is 2.18. The number of hydrogen-bond donors (Lipinski definition) is 3. The monoisotopic (exact) mass is 292 g/mol. The van der Waals surface area contributed by atoms with Gasteiger partial charge >= 0.3 is 0 Å². The molecule has 116 valence electrons. The van der Waals surface area contributed by atoms with Crippen LogP contribution < -0.4 is 15.5 Å². The Hall–Kier alpha value is -1.88. The van der Waals surface area contributed by atoms with Crippen molar-refractivity contribution >= 4 is 17.5 Å². The minimum Gasteiger partial charge on any atom is -0.347 e. The highest BCUT2D eigenvalue weighted by atomic mass is 16.2. The van der Waals surface area contributed by atoms with E-state index < -0.39 is 0 Å². The fraction of sp³-hybridized carbons (Fsp3) is 0.500. The van der Waals surface area contributed by atoms with Crippen LogP contribution >= 0.6 is 0 Å². The number of likely N-dealkylation sites (N-methyl/N-ethyl adjacent to an activating group) is 1. The van der Waals surface area contributed by atoms with Crippen molar-refractivity contribution in [3.8, 4) is 0 Å². The largest absolute Gasteiger partial charge is 0.347 e. The van der Waals surface area contributed by atoms with E-state index in [2.05, 4.69) is 10.6 Å². The molecule has 1 atom stereocenters. The molecule has 3 N–H and O–H groups in total. The predicted molar refractivity (Wildman–Crippen MR) is 84.3 cm³/mol. The molecule has 1 aromatic rings. The Morgan fingerprint density at radius 3 is 2.10 bits per heavy atom. The van der Waals surface area contributed by atoms with Crippen LogP contribution in [0.25, 0.3) is 0 Å². The van der Waals surface area contributed by atoms with Gasteiger partial charge in [-0.05, 0) is 39.8 Å². The Labute approximate surface area is 126 Å². The molecule has 2 amide bonds. The second-order valence-corrected chi connectivity index (χ2v) is 6.52. The van der Waals surface area contributed by atoms with Crippen LogP contribution in [0.4, 0.5) is 5.69 Å². The second-order valence-electron chi connectivity index (χ2n) is 6.52. The van der Waals surface area contributed by atoms with Crippen molar-refractivity contribution in [3.05, 3.63) is 29.8 Å². The van der Waals surface area contributed by atoms with Gasteiger partial charge in [0.1, 0.15) is 0 Å². The minimum absolute atomic E-state index is 0.0527. The molecule has 0 aliphatic rings. The fourth-order valence-electron chi connectivity index (χ4n) is 1.92. The van der Waals surface area contributed by atoms with E-state index in [1.807, 2.05) is 59.0 Å². The highest BCUT2D eigenvalue weighted by molar-refractivity contribution is 5.91. The molecule has 21 heavy (non-hydrogen) atoms. The lowest BCUT2D eigenvalue weighted by Gasteiger charge is -2.21. The van der Waals surface area contributed by atoms with Crippen LogP contribution in [0.2, 0.25) is 0 Å². The first-order valence-corrected chi connectivity index (χ1v) is 7.14. The average molecular weight is 292 g/mol. The van der Waals surface area contributed by atoms with E-state index in [1.54, 1.807) is 0 Å². The first-order chi connectivity index (χ1) is 9.65. The number of benzene rings is 1. The molecule has 0 spiro atoms. The van der Waals surface area contributed by atoms with Gasteiger partial charge < -0.3 is 15.5 Å². The summed E-state index contributed by atoms with van der Waals surface area (Å²) in [5, 5.41) is 5.72. The van der Waals surface area contributed by atoms with Crippen molar-refractivity contribution in [1.82, 2.24) is 5.32 Å². The van der Waals surface area contributed by atoms with Gasteiger partial charge in [0.05, 0.1) is 7.05 Å². The number of amides is 2. The Balaban J connectivity index is 2.40. The van der Waals surface area contributed by atoms with Crippen LogP contribution in [0.3, 0.4) is 0 Å². The third-order valence-electron chi connectivity index (χ3n) is 2.77. The maximum Gasteiger partial charge on any atom is 0.279 e. The number of nitrogens with one attached hydrogen (secondary N) is 3. The number of carbonyl (C=O) groups excluding carboxylic acids is 2. The van der Waals surface area contributed by atoms with Gasteiger partial charge in [-0.3, -0.25) is 9.59 Å². The van der Waals surface area contributed by atoms with E-state index in [9.17, 15) is 9.59 Å². The van der Waals surface area contributed by atoms with Crippen LogP contribution in [0, 0.1) is 6.92 Å². The molecular formula is C16H26N3O2+. The fourth-order valence-corrected chi connectivity index (χ4v) is 1.92. The lowest BCUT2D eigenvalue weighted by atomic mass is 10.1. The summed E-state index contributed by atoms with van der Waals surface area (Å²) in [7, 11) is 1.83. The Morgan fingerprint density at radius 1 is 1.05 bits per heavy atom. The number of quaternary nitrogens is 1. The average Bonchev–Trinajstić information content (AvgIpc) is 2.28. The van der Waals surface area contributed by atoms with Crippen LogP contribution in [0.1, 0.15) is 26.3 Å². The maximum atomic E-state index is 11.9. The van der Waals surface area contributed by atoms with Crippen LogP contribution in [-0.4, -0.2) is 37.5 Å². The van der Waals surface area contributed by atoms with Gasteiger partial charge in [-0.15, -0.1) is 0 Å². The molecule has 1 unspecified atom stereocenters. The molecule has 0 radical (unpaired) electrons. The van der Waals surface area contributed by atoms with Gasteiger partial charge in [0.15, 0.2) is 13.1 Å². The molecule has 0 saturated heterocycles. The van der Waals surface area contributed by atoms with E-state index in [0.717, 1.165) is 16.2 Å². The van der Waals surface area contributed by atoms with E-state index >= 15 is 0 Å². The van der Waals surface area contributed by atoms with E-state index in [0.29, 0.717) is 0 Å². The normalized spacial score (nSPS) is 12.6. The smallest absolute Gasteiger partial charge is 0.279 e. The number of aryl methyl sites for hydroxylation is 1. The summed E-state index contributed by atoms with van der Waals surface area (Å²) in [5.74, 6) is -0.150. The zero-order chi connectivity index (χ0) is 16.0. The molecule has 0 aliphatic carbocycles. The molecule has 0 bridgehead atoms. The summed E-state index contributed by atoms with van der Waals surface area (Å²) >= 11 is 0. The minimum atomic E-state index is -0.248. The van der Waals surface area contributed by atoms with E-state index in [-0.39, 0.29) is 30.4 Å². The third-order valence-corrected chi connectivity index (χ3v) is 2.77. The Morgan fingerprint density at radius 2 is 1.57 bits per heavy atom. The molecule has 0 saturated carbocycles. The summed E-state index contributed by atoms with van der Waals surface area (Å²) in [6.45, 7) is 8.33. The molecule has 0 aliphatic heterocycles. The lowest BCUT2D eigenvalue weighted by Crippen LogP contribution is -3.11. The highest BCUT2D eigenvalue weighted by Crippen LogP contribution is 2.07. The first kappa shape index (κ1) is 17.2. The Kier molecular flexibility index (Phi) is 5.90. The second kappa shape index (κ2) is 7.22. The van der Waals surface area contributed by atoms with Gasteiger partial charge in [0, 0.05) is 11.2 Å². The molecule has 0 aromatic heterocycles. The molecule has 0 heterocycles. The third kappa shape index (κ3) is 7.46. The van der Waals surface area contributed by atoms with Gasteiger partial charge in [-0.25, -0.2) is 0 Å². The van der Waals surface area contributed by atoms with Crippen LogP contribution in [0.5, 0.6) is 0 Å². The number of hydrogen-bond acceptors (Lipinski definition) is 2. The zero-order valence-electron chi connectivity index (χ0n) is 13.5. The quantitative estimate of drug-likeness (QED) is 0.734.